The normalized spacial score (nSPS) is 12.7. The van der Waals surface area contributed by atoms with Gasteiger partial charge in [-0.25, -0.2) is 0 Å². The van der Waals surface area contributed by atoms with Crippen LogP contribution in [0.3, 0.4) is 0 Å². The van der Waals surface area contributed by atoms with Gasteiger partial charge in [-0.3, -0.25) is 0 Å². The second-order valence-electron chi connectivity index (χ2n) is 3.27. The van der Waals surface area contributed by atoms with Crippen molar-refractivity contribution in [2.75, 3.05) is 0 Å². The van der Waals surface area contributed by atoms with Gasteiger partial charge in [0.1, 0.15) is 0 Å². The van der Waals surface area contributed by atoms with Crippen LogP contribution in [0.1, 0.15) is 12.5 Å². The average Bonchev–Trinajstić information content (AvgIpc) is 2.14. The van der Waals surface area contributed by atoms with Crippen LogP contribution in [0.2, 0.25) is 0 Å². The lowest BCUT2D eigenvalue weighted by molar-refractivity contribution is -0.0689. The molecule has 0 atom stereocenters. The first-order chi connectivity index (χ1) is 6.91. The minimum Gasteiger partial charge on any atom is -0.166 e. The van der Waals surface area contributed by atoms with Crippen molar-refractivity contribution in [1.29, 1.82) is 0 Å². The Kier molecular flexibility index (Phi) is 3.35. The van der Waals surface area contributed by atoms with Crippen LogP contribution < -0.4 is 0 Å². The second-order valence-corrected chi connectivity index (χ2v) is 3.27. The maximum absolute atomic E-state index is 12.7. The van der Waals surface area contributed by atoms with Gasteiger partial charge in [-0.05, 0) is 18.6 Å². The summed E-state index contributed by atoms with van der Waals surface area (Å²) in [6.07, 6.45) is -3.30. The van der Waals surface area contributed by atoms with Gasteiger partial charge in [-0.2, -0.15) is 13.2 Å². The molecule has 0 aliphatic rings. The van der Waals surface area contributed by atoms with Crippen LogP contribution in [0.15, 0.2) is 48.6 Å². The third-order valence-electron chi connectivity index (χ3n) is 1.78. The Morgan fingerprint density at radius 3 is 2.13 bits per heavy atom. The molecule has 0 saturated heterocycles. The molecular weight excluding hydrogens is 201 g/mol. The molecule has 15 heavy (non-hydrogen) atoms. The van der Waals surface area contributed by atoms with Gasteiger partial charge in [0.05, 0.1) is 5.57 Å². The van der Waals surface area contributed by atoms with Crippen molar-refractivity contribution >= 4 is 5.57 Å². The fourth-order valence-electron chi connectivity index (χ4n) is 1.19. The number of benzene rings is 1. The van der Waals surface area contributed by atoms with Crippen molar-refractivity contribution in [3.63, 3.8) is 0 Å². The monoisotopic (exact) mass is 212 g/mol. The molecular formula is C12H11F3. The lowest BCUT2D eigenvalue weighted by atomic mass is 10.0. The molecule has 0 amide bonds. The zero-order valence-corrected chi connectivity index (χ0v) is 8.31. The van der Waals surface area contributed by atoms with E-state index in [1.54, 1.807) is 18.2 Å². The van der Waals surface area contributed by atoms with Crippen LogP contribution in [0, 0.1) is 0 Å². The number of allylic oxidation sites excluding steroid dienone is 3. The molecule has 1 aromatic carbocycles. The van der Waals surface area contributed by atoms with Gasteiger partial charge in [0, 0.05) is 0 Å². The largest absolute Gasteiger partial charge is 0.416 e. The third kappa shape index (κ3) is 3.27. The summed E-state index contributed by atoms with van der Waals surface area (Å²) in [5, 5.41) is 0. The molecule has 0 aliphatic heterocycles. The molecule has 0 fully saturated rings. The Morgan fingerprint density at radius 2 is 1.73 bits per heavy atom. The zero-order valence-electron chi connectivity index (χ0n) is 8.31. The molecule has 0 nitrogen and oxygen atoms in total. The summed E-state index contributed by atoms with van der Waals surface area (Å²) in [4.78, 5) is 0. The van der Waals surface area contributed by atoms with E-state index < -0.39 is 11.7 Å². The van der Waals surface area contributed by atoms with E-state index in [-0.39, 0.29) is 5.56 Å². The highest BCUT2D eigenvalue weighted by Gasteiger charge is 2.34. The molecule has 1 aromatic rings. The lowest BCUT2D eigenvalue weighted by Gasteiger charge is -2.11. The molecule has 0 N–H and O–H groups in total. The first-order valence-corrected chi connectivity index (χ1v) is 4.41. The number of hydrogen-bond acceptors (Lipinski definition) is 0. The van der Waals surface area contributed by atoms with Gasteiger partial charge >= 0.3 is 6.18 Å². The van der Waals surface area contributed by atoms with E-state index in [4.69, 9.17) is 0 Å². The maximum atomic E-state index is 12.7. The van der Waals surface area contributed by atoms with Crippen molar-refractivity contribution in [3.05, 3.63) is 54.1 Å². The van der Waals surface area contributed by atoms with Crippen LogP contribution >= 0.6 is 0 Å². The van der Waals surface area contributed by atoms with Crippen molar-refractivity contribution in [2.24, 2.45) is 0 Å². The average molecular weight is 212 g/mol. The molecule has 0 unspecified atom stereocenters. The highest BCUT2D eigenvalue weighted by molar-refractivity contribution is 5.71. The molecule has 0 bridgehead atoms. The fraction of sp³-hybridized carbons (Fsp3) is 0.167. The summed E-state index contributed by atoms with van der Waals surface area (Å²) in [6, 6.07) is 7.70. The van der Waals surface area contributed by atoms with Crippen LogP contribution in [0.4, 0.5) is 13.2 Å². The molecule has 0 radical (unpaired) electrons. The highest BCUT2D eigenvalue weighted by Crippen LogP contribution is 2.34. The topological polar surface area (TPSA) is 0 Å². The van der Waals surface area contributed by atoms with Crippen LogP contribution in [-0.4, -0.2) is 6.18 Å². The van der Waals surface area contributed by atoms with Crippen molar-refractivity contribution < 1.29 is 13.2 Å². The SMILES string of the molecule is C=C(C)/C=C(\c1ccccc1)C(F)(F)F. The van der Waals surface area contributed by atoms with Gasteiger partial charge in [-0.15, -0.1) is 0 Å². The molecule has 3 heteroatoms. The van der Waals surface area contributed by atoms with E-state index in [1.165, 1.54) is 19.1 Å². The maximum Gasteiger partial charge on any atom is 0.416 e. The standard InChI is InChI=1S/C12H11F3/c1-9(2)8-11(12(13,14)15)10-6-4-3-5-7-10/h3-8H,1H2,2H3/b11-8+. The summed E-state index contributed by atoms with van der Waals surface area (Å²) in [5.41, 5.74) is -0.116. The summed E-state index contributed by atoms with van der Waals surface area (Å²) in [6.45, 7) is 4.99. The summed E-state index contributed by atoms with van der Waals surface area (Å²) >= 11 is 0. The molecule has 0 aliphatic carbocycles. The zero-order chi connectivity index (χ0) is 11.5. The number of rotatable bonds is 2. The van der Waals surface area contributed by atoms with Gasteiger partial charge in [0.2, 0.25) is 0 Å². The smallest absolute Gasteiger partial charge is 0.166 e. The number of halogens is 3. The van der Waals surface area contributed by atoms with Gasteiger partial charge < -0.3 is 0 Å². The van der Waals surface area contributed by atoms with Crippen LogP contribution in [0.5, 0.6) is 0 Å². The second kappa shape index (κ2) is 4.34. The van der Waals surface area contributed by atoms with Gasteiger partial charge in [0.25, 0.3) is 0 Å². The van der Waals surface area contributed by atoms with Crippen molar-refractivity contribution in [1.82, 2.24) is 0 Å². The Hall–Kier alpha value is -1.51. The fourth-order valence-corrected chi connectivity index (χ4v) is 1.19. The van der Waals surface area contributed by atoms with E-state index in [0.29, 0.717) is 5.57 Å². The predicted molar refractivity (Wildman–Crippen MR) is 55.3 cm³/mol. The Bertz CT molecular complexity index is 372. The Labute approximate surface area is 86.7 Å². The molecule has 0 aromatic heterocycles. The Balaban J connectivity index is 3.20. The van der Waals surface area contributed by atoms with Crippen LogP contribution in [0.25, 0.3) is 5.57 Å². The molecule has 0 saturated carbocycles. The van der Waals surface area contributed by atoms with E-state index in [1.807, 2.05) is 0 Å². The van der Waals surface area contributed by atoms with E-state index in [0.717, 1.165) is 6.08 Å². The minimum atomic E-state index is -4.35. The summed E-state index contributed by atoms with van der Waals surface area (Å²) in [5.74, 6) is 0. The lowest BCUT2D eigenvalue weighted by Crippen LogP contribution is -2.10. The van der Waals surface area contributed by atoms with Gasteiger partial charge in [-0.1, -0.05) is 42.5 Å². The molecule has 0 heterocycles. The number of hydrogen-bond donors (Lipinski definition) is 0. The summed E-state index contributed by atoms with van der Waals surface area (Å²) in [7, 11) is 0. The molecule has 0 spiro atoms. The quantitative estimate of drug-likeness (QED) is 0.644. The minimum absolute atomic E-state index is 0.160. The van der Waals surface area contributed by atoms with Crippen molar-refractivity contribution in [2.45, 2.75) is 13.1 Å². The first-order valence-electron chi connectivity index (χ1n) is 4.41. The van der Waals surface area contributed by atoms with Crippen molar-refractivity contribution in [3.8, 4) is 0 Å². The van der Waals surface area contributed by atoms with Crippen LogP contribution in [-0.2, 0) is 0 Å². The van der Waals surface area contributed by atoms with E-state index in [9.17, 15) is 13.2 Å². The highest BCUT2D eigenvalue weighted by atomic mass is 19.4. The van der Waals surface area contributed by atoms with Gasteiger partial charge in [0.15, 0.2) is 0 Å². The molecule has 80 valence electrons. The predicted octanol–water partition coefficient (Wildman–Crippen LogP) is 4.21. The third-order valence-corrected chi connectivity index (χ3v) is 1.78. The summed E-state index contributed by atoms with van der Waals surface area (Å²) < 4.78 is 38.0. The first kappa shape index (κ1) is 11.6. The van der Waals surface area contributed by atoms with E-state index in [2.05, 4.69) is 6.58 Å². The number of alkyl halides is 3. The molecule has 1 rings (SSSR count). The van der Waals surface area contributed by atoms with E-state index >= 15 is 0 Å². The Morgan fingerprint density at radius 1 is 1.20 bits per heavy atom.